The highest BCUT2D eigenvalue weighted by Crippen LogP contribution is 2.21. The molecule has 1 atom stereocenters. The largest absolute Gasteiger partial charge is 0.351 e. The SMILES string of the molecule is Cc1ccnc(N2CCCC(C(=O)NC(C)(C)C)C2)n1. The van der Waals surface area contributed by atoms with E-state index in [1.165, 1.54) is 0 Å². The quantitative estimate of drug-likeness (QED) is 0.896. The van der Waals surface area contributed by atoms with E-state index in [-0.39, 0.29) is 17.4 Å². The summed E-state index contributed by atoms with van der Waals surface area (Å²) in [5.41, 5.74) is 0.774. The van der Waals surface area contributed by atoms with Crippen molar-refractivity contribution in [1.29, 1.82) is 0 Å². The van der Waals surface area contributed by atoms with E-state index in [9.17, 15) is 4.79 Å². The van der Waals surface area contributed by atoms with Crippen LogP contribution < -0.4 is 10.2 Å². The first-order chi connectivity index (χ1) is 9.35. The number of hydrogen-bond acceptors (Lipinski definition) is 4. The van der Waals surface area contributed by atoms with Gasteiger partial charge in [0.15, 0.2) is 0 Å². The van der Waals surface area contributed by atoms with Crippen molar-refractivity contribution in [3.63, 3.8) is 0 Å². The molecule has 0 radical (unpaired) electrons. The van der Waals surface area contributed by atoms with E-state index in [0.29, 0.717) is 6.54 Å². The second-order valence-corrected chi connectivity index (χ2v) is 6.52. The molecule has 110 valence electrons. The highest BCUT2D eigenvalue weighted by Gasteiger charge is 2.29. The maximum Gasteiger partial charge on any atom is 0.225 e. The predicted molar refractivity (Wildman–Crippen MR) is 79.6 cm³/mol. The fraction of sp³-hybridized carbons (Fsp3) is 0.667. The zero-order valence-electron chi connectivity index (χ0n) is 12.8. The van der Waals surface area contributed by atoms with Gasteiger partial charge in [-0.25, -0.2) is 9.97 Å². The van der Waals surface area contributed by atoms with Gasteiger partial charge in [0.1, 0.15) is 0 Å². The van der Waals surface area contributed by atoms with Crippen LogP contribution in [0.2, 0.25) is 0 Å². The number of aryl methyl sites for hydroxylation is 1. The summed E-state index contributed by atoms with van der Waals surface area (Å²) < 4.78 is 0. The Balaban J connectivity index is 2.03. The number of hydrogen-bond donors (Lipinski definition) is 1. The molecule has 0 spiro atoms. The van der Waals surface area contributed by atoms with E-state index in [4.69, 9.17) is 0 Å². The molecule has 5 heteroatoms. The lowest BCUT2D eigenvalue weighted by Gasteiger charge is -2.33. The molecule has 0 bridgehead atoms. The number of rotatable bonds is 2. The third kappa shape index (κ3) is 3.92. The van der Waals surface area contributed by atoms with Crippen LogP contribution in [0.5, 0.6) is 0 Å². The standard InChI is InChI=1S/C15H24N4O/c1-11-7-8-16-14(17-11)19-9-5-6-12(10-19)13(20)18-15(2,3)4/h7-8,12H,5-6,9-10H2,1-4H3,(H,18,20). The minimum atomic E-state index is -0.181. The van der Waals surface area contributed by atoms with Gasteiger partial charge in [0.2, 0.25) is 11.9 Å². The normalized spacial score (nSPS) is 19.8. The lowest BCUT2D eigenvalue weighted by molar-refractivity contribution is -0.126. The number of nitrogens with one attached hydrogen (secondary N) is 1. The van der Waals surface area contributed by atoms with Crippen LogP contribution >= 0.6 is 0 Å². The van der Waals surface area contributed by atoms with Gasteiger partial charge in [0.05, 0.1) is 5.92 Å². The molecule has 1 aliphatic heterocycles. The molecule has 1 aromatic heterocycles. The molecule has 1 fully saturated rings. The Morgan fingerprint density at radius 2 is 2.20 bits per heavy atom. The molecule has 1 aromatic rings. The first kappa shape index (κ1) is 14.8. The average Bonchev–Trinajstić information content (AvgIpc) is 2.37. The van der Waals surface area contributed by atoms with Gasteiger partial charge in [0.25, 0.3) is 0 Å². The van der Waals surface area contributed by atoms with E-state index in [1.54, 1.807) is 6.20 Å². The van der Waals surface area contributed by atoms with E-state index < -0.39 is 0 Å². The average molecular weight is 276 g/mol. The summed E-state index contributed by atoms with van der Waals surface area (Å²) in [6.07, 6.45) is 3.71. The summed E-state index contributed by atoms with van der Waals surface area (Å²) in [5.74, 6) is 0.889. The van der Waals surface area contributed by atoms with Crippen molar-refractivity contribution in [3.05, 3.63) is 18.0 Å². The van der Waals surface area contributed by atoms with E-state index >= 15 is 0 Å². The number of anilines is 1. The Labute approximate surface area is 120 Å². The molecule has 20 heavy (non-hydrogen) atoms. The van der Waals surface area contributed by atoms with E-state index in [0.717, 1.165) is 31.0 Å². The van der Waals surface area contributed by atoms with Crippen molar-refractivity contribution in [2.24, 2.45) is 5.92 Å². The summed E-state index contributed by atoms with van der Waals surface area (Å²) in [5, 5.41) is 3.07. The van der Waals surface area contributed by atoms with Crippen molar-refractivity contribution < 1.29 is 4.79 Å². The van der Waals surface area contributed by atoms with Gasteiger partial charge in [-0.2, -0.15) is 0 Å². The van der Waals surface area contributed by atoms with Crippen LogP contribution in [0.4, 0.5) is 5.95 Å². The highest BCUT2D eigenvalue weighted by atomic mass is 16.2. The van der Waals surface area contributed by atoms with Gasteiger partial charge < -0.3 is 10.2 Å². The molecule has 0 aromatic carbocycles. The third-order valence-corrected chi connectivity index (χ3v) is 3.36. The third-order valence-electron chi connectivity index (χ3n) is 3.36. The minimum Gasteiger partial charge on any atom is -0.351 e. The van der Waals surface area contributed by atoms with Crippen LogP contribution in [-0.2, 0) is 4.79 Å². The van der Waals surface area contributed by atoms with Crippen molar-refractivity contribution >= 4 is 11.9 Å². The lowest BCUT2D eigenvalue weighted by atomic mass is 9.96. The van der Waals surface area contributed by atoms with Gasteiger partial charge in [0, 0.05) is 30.5 Å². The number of carbonyl (C=O) groups excluding carboxylic acids is 1. The Morgan fingerprint density at radius 1 is 1.45 bits per heavy atom. The van der Waals surface area contributed by atoms with Crippen LogP contribution in [-0.4, -0.2) is 34.5 Å². The first-order valence-corrected chi connectivity index (χ1v) is 7.22. The van der Waals surface area contributed by atoms with Crippen molar-refractivity contribution in [1.82, 2.24) is 15.3 Å². The fourth-order valence-electron chi connectivity index (χ4n) is 2.43. The molecular weight excluding hydrogens is 252 g/mol. The highest BCUT2D eigenvalue weighted by molar-refractivity contribution is 5.80. The Kier molecular flexibility index (Phi) is 4.26. The Morgan fingerprint density at radius 3 is 2.85 bits per heavy atom. The molecule has 0 aliphatic carbocycles. The van der Waals surface area contributed by atoms with Crippen molar-refractivity contribution in [3.8, 4) is 0 Å². The number of carbonyl (C=O) groups is 1. The summed E-state index contributed by atoms with van der Waals surface area (Å²) in [4.78, 5) is 23.2. The minimum absolute atomic E-state index is 0.0205. The van der Waals surface area contributed by atoms with Gasteiger partial charge >= 0.3 is 0 Å². The monoisotopic (exact) mass is 276 g/mol. The zero-order chi connectivity index (χ0) is 14.8. The molecule has 1 N–H and O–H groups in total. The predicted octanol–water partition coefficient (Wildman–Crippen LogP) is 1.92. The Hall–Kier alpha value is -1.65. The maximum atomic E-state index is 12.3. The molecule has 1 amide bonds. The number of piperidine rings is 1. The summed E-state index contributed by atoms with van der Waals surface area (Å²) >= 11 is 0. The van der Waals surface area contributed by atoms with Crippen molar-refractivity contribution in [2.75, 3.05) is 18.0 Å². The van der Waals surface area contributed by atoms with E-state index in [1.807, 2.05) is 33.8 Å². The van der Waals surface area contributed by atoms with Crippen LogP contribution in [0.25, 0.3) is 0 Å². The van der Waals surface area contributed by atoms with Crippen LogP contribution in [0.15, 0.2) is 12.3 Å². The van der Waals surface area contributed by atoms with E-state index in [2.05, 4.69) is 20.2 Å². The number of amides is 1. The summed E-state index contributed by atoms with van der Waals surface area (Å²) in [7, 11) is 0. The van der Waals surface area contributed by atoms with Gasteiger partial charge in [-0.3, -0.25) is 4.79 Å². The smallest absolute Gasteiger partial charge is 0.225 e. The zero-order valence-corrected chi connectivity index (χ0v) is 12.8. The van der Waals surface area contributed by atoms with Crippen LogP contribution in [0, 0.1) is 12.8 Å². The lowest BCUT2D eigenvalue weighted by Crippen LogP contribution is -2.49. The maximum absolute atomic E-state index is 12.3. The first-order valence-electron chi connectivity index (χ1n) is 7.22. The molecule has 2 rings (SSSR count). The second kappa shape index (κ2) is 5.77. The molecule has 1 unspecified atom stereocenters. The summed E-state index contributed by atoms with van der Waals surface area (Å²) in [6.45, 7) is 9.60. The molecule has 1 saturated heterocycles. The molecule has 5 nitrogen and oxygen atoms in total. The molecule has 2 heterocycles. The second-order valence-electron chi connectivity index (χ2n) is 6.52. The topological polar surface area (TPSA) is 58.1 Å². The van der Waals surface area contributed by atoms with Crippen LogP contribution in [0.1, 0.15) is 39.3 Å². The molecule has 1 aliphatic rings. The number of aromatic nitrogens is 2. The fourth-order valence-corrected chi connectivity index (χ4v) is 2.43. The van der Waals surface area contributed by atoms with Crippen molar-refractivity contribution in [2.45, 2.75) is 46.1 Å². The Bertz CT molecular complexity index is 481. The summed E-state index contributed by atoms with van der Waals surface area (Å²) in [6, 6.07) is 1.89. The molecular formula is C15H24N4O. The molecule has 0 saturated carbocycles. The van der Waals surface area contributed by atoms with Gasteiger partial charge in [-0.05, 0) is 46.6 Å². The van der Waals surface area contributed by atoms with Crippen LogP contribution in [0.3, 0.4) is 0 Å². The number of nitrogens with zero attached hydrogens (tertiary/aromatic N) is 3. The van der Waals surface area contributed by atoms with Gasteiger partial charge in [-0.1, -0.05) is 0 Å². The van der Waals surface area contributed by atoms with Gasteiger partial charge in [-0.15, -0.1) is 0 Å².